The SMILES string of the molecule is [CH2]c1cc(-c2ccccc2)nn1-c1ccccc1. The maximum absolute atomic E-state index is 4.60. The fourth-order valence-corrected chi connectivity index (χ4v) is 1.96. The van der Waals surface area contributed by atoms with E-state index in [9.17, 15) is 0 Å². The Morgan fingerprint density at radius 1 is 0.833 bits per heavy atom. The molecule has 0 fully saturated rings. The van der Waals surface area contributed by atoms with Crippen molar-refractivity contribution in [1.82, 2.24) is 9.78 Å². The Morgan fingerprint density at radius 2 is 1.44 bits per heavy atom. The van der Waals surface area contributed by atoms with Crippen LogP contribution in [-0.4, -0.2) is 9.78 Å². The van der Waals surface area contributed by atoms with Gasteiger partial charge in [-0.25, -0.2) is 4.68 Å². The van der Waals surface area contributed by atoms with Crippen LogP contribution in [-0.2, 0) is 0 Å². The van der Waals surface area contributed by atoms with Crippen molar-refractivity contribution in [2.24, 2.45) is 0 Å². The van der Waals surface area contributed by atoms with Gasteiger partial charge in [-0.05, 0) is 25.1 Å². The van der Waals surface area contributed by atoms with Crippen molar-refractivity contribution in [2.75, 3.05) is 0 Å². The van der Waals surface area contributed by atoms with Crippen molar-refractivity contribution in [3.05, 3.63) is 79.3 Å². The van der Waals surface area contributed by atoms with Crippen LogP contribution in [0.1, 0.15) is 5.69 Å². The molecule has 3 aromatic rings. The average Bonchev–Trinajstić information content (AvgIpc) is 2.83. The molecule has 0 saturated heterocycles. The molecule has 0 unspecified atom stereocenters. The highest BCUT2D eigenvalue weighted by molar-refractivity contribution is 5.60. The molecule has 1 heterocycles. The molecule has 0 aliphatic heterocycles. The van der Waals surface area contributed by atoms with Crippen LogP contribution in [0.5, 0.6) is 0 Å². The zero-order valence-electron chi connectivity index (χ0n) is 9.95. The minimum absolute atomic E-state index is 0.889. The van der Waals surface area contributed by atoms with Crippen LogP contribution in [0.4, 0.5) is 0 Å². The summed E-state index contributed by atoms with van der Waals surface area (Å²) in [7, 11) is 0. The fourth-order valence-electron chi connectivity index (χ4n) is 1.96. The molecule has 0 aliphatic rings. The summed E-state index contributed by atoms with van der Waals surface area (Å²) in [6.45, 7) is 4.04. The summed E-state index contributed by atoms with van der Waals surface area (Å²) in [4.78, 5) is 0. The maximum Gasteiger partial charge on any atom is 0.0930 e. The Kier molecular flexibility index (Phi) is 2.69. The highest BCUT2D eigenvalue weighted by Crippen LogP contribution is 2.20. The average molecular weight is 233 g/mol. The lowest BCUT2D eigenvalue weighted by Gasteiger charge is -2.02. The minimum atomic E-state index is 0.889. The second-order valence-corrected chi connectivity index (χ2v) is 4.13. The number of para-hydroxylation sites is 1. The van der Waals surface area contributed by atoms with Gasteiger partial charge in [0.1, 0.15) is 0 Å². The maximum atomic E-state index is 4.60. The van der Waals surface area contributed by atoms with E-state index in [0.717, 1.165) is 22.6 Å². The Balaban J connectivity index is 2.07. The van der Waals surface area contributed by atoms with Crippen molar-refractivity contribution in [2.45, 2.75) is 0 Å². The zero-order chi connectivity index (χ0) is 12.4. The van der Waals surface area contributed by atoms with Gasteiger partial charge in [0.25, 0.3) is 0 Å². The number of aromatic nitrogens is 2. The highest BCUT2D eigenvalue weighted by Gasteiger charge is 2.07. The van der Waals surface area contributed by atoms with E-state index >= 15 is 0 Å². The molecular weight excluding hydrogens is 220 g/mol. The van der Waals surface area contributed by atoms with Gasteiger partial charge in [0.15, 0.2) is 0 Å². The first kappa shape index (κ1) is 10.8. The van der Waals surface area contributed by atoms with Crippen LogP contribution in [0, 0.1) is 6.92 Å². The van der Waals surface area contributed by atoms with Crippen molar-refractivity contribution >= 4 is 0 Å². The molecule has 1 aromatic heterocycles. The van der Waals surface area contributed by atoms with Crippen LogP contribution < -0.4 is 0 Å². The van der Waals surface area contributed by atoms with Gasteiger partial charge in [-0.3, -0.25) is 0 Å². The predicted octanol–water partition coefficient (Wildman–Crippen LogP) is 3.72. The molecule has 0 spiro atoms. The summed E-state index contributed by atoms with van der Waals surface area (Å²) in [5.74, 6) is 0. The Labute approximate surface area is 107 Å². The molecular formula is C16H13N2. The smallest absolute Gasteiger partial charge is 0.0930 e. The molecule has 0 aliphatic carbocycles. The summed E-state index contributed by atoms with van der Waals surface area (Å²) in [6.07, 6.45) is 0. The third-order valence-corrected chi connectivity index (χ3v) is 2.85. The number of benzene rings is 2. The molecule has 0 saturated carbocycles. The summed E-state index contributed by atoms with van der Waals surface area (Å²) < 4.78 is 1.86. The molecule has 18 heavy (non-hydrogen) atoms. The lowest BCUT2D eigenvalue weighted by Crippen LogP contribution is -1.98. The summed E-state index contributed by atoms with van der Waals surface area (Å²) in [5.41, 5.74) is 3.98. The molecule has 0 N–H and O–H groups in total. The van der Waals surface area contributed by atoms with E-state index < -0.39 is 0 Å². The topological polar surface area (TPSA) is 17.8 Å². The van der Waals surface area contributed by atoms with Gasteiger partial charge in [0, 0.05) is 11.3 Å². The van der Waals surface area contributed by atoms with E-state index in [1.54, 1.807) is 0 Å². The third-order valence-electron chi connectivity index (χ3n) is 2.85. The number of nitrogens with zero attached hydrogens (tertiary/aromatic N) is 2. The predicted molar refractivity (Wildman–Crippen MR) is 73.5 cm³/mol. The molecule has 0 atom stereocenters. The van der Waals surface area contributed by atoms with Crippen molar-refractivity contribution in [1.29, 1.82) is 0 Å². The van der Waals surface area contributed by atoms with E-state index in [0.29, 0.717) is 0 Å². The van der Waals surface area contributed by atoms with Gasteiger partial charge in [-0.2, -0.15) is 5.10 Å². The van der Waals surface area contributed by atoms with Crippen LogP contribution in [0.3, 0.4) is 0 Å². The van der Waals surface area contributed by atoms with Crippen molar-refractivity contribution < 1.29 is 0 Å². The molecule has 3 rings (SSSR count). The van der Waals surface area contributed by atoms with Crippen LogP contribution in [0.15, 0.2) is 66.7 Å². The molecule has 87 valence electrons. The lowest BCUT2D eigenvalue weighted by molar-refractivity contribution is 0.867. The Bertz CT molecular complexity index is 639. The normalized spacial score (nSPS) is 10.5. The lowest BCUT2D eigenvalue weighted by atomic mass is 10.1. The van der Waals surface area contributed by atoms with E-state index in [1.807, 2.05) is 59.3 Å². The van der Waals surface area contributed by atoms with Gasteiger partial charge in [0.2, 0.25) is 0 Å². The quantitative estimate of drug-likeness (QED) is 0.659. The molecule has 2 aromatic carbocycles. The molecule has 0 amide bonds. The zero-order valence-corrected chi connectivity index (χ0v) is 9.95. The fraction of sp³-hybridized carbons (Fsp3) is 0. The number of hydrogen-bond donors (Lipinski definition) is 0. The number of rotatable bonds is 2. The van der Waals surface area contributed by atoms with Crippen LogP contribution >= 0.6 is 0 Å². The van der Waals surface area contributed by atoms with Crippen LogP contribution in [0.2, 0.25) is 0 Å². The minimum Gasteiger partial charge on any atom is -0.237 e. The third kappa shape index (κ3) is 1.93. The Hall–Kier alpha value is -2.35. The summed E-state index contributed by atoms with van der Waals surface area (Å²) >= 11 is 0. The van der Waals surface area contributed by atoms with E-state index in [-0.39, 0.29) is 0 Å². The highest BCUT2D eigenvalue weighted by atomic mass is 15.3. The second-order valence-electron chi connectivity index (χ2n) is 4.13. The van der Waals surface area contributed by atoms with Crippen LogP contribution in [0.25, 0.3) is 16.9 Å². The van der Waals surface area contributed by atoms with E-state index in [1.165, 1.54) is 0 Å². The van der Waals surface area contributed by atoms with Gasteiger partial charge >= 0.3 is 0 Å². The largest absolute Gasteiger partial charge is 0.237 e. The molecule has 2 heteroatoms. The molecule has 2 nitrogen and oxygen atoms in total. The summed E-state index contributed by atoms with van der Waals surface area (Å²) in [5, 5.41) is 4.60. The van der Waals surface area contributed by atoms with Crippen molar-refractivity contribution in [3.8, 4) is 16.9 Å². The molecule has 0 bridgehead atoms. The van der Waals surface area contributed by atoms with Gasteiger partial charge in [0.05, 0.1) is 11.4 Å². The second kappa shape index (κ2) is 4.49. The van der Waals surface area contributed by atoms with E-state index in [2.05, 4.69) is 24.2 Å². The van der Waals surface area contributed by atoms with Gasteiger partial charge < -0.3 is 0 Å². The van der Waals surface area contributed by atoms with Gasteiger partial charge in [-0.15, -0.1) is 0 Å². The first-order valence-corrected chi connectivity index (χ1v) is 5.87. The van der Waals surface area contributed by atoms with Crippen molar-refractivity contribution in [3.63, 3.8) is 0 Å². The Morgan fingerprint density at radius 3 is 2.11 bits per heavy atom. The van der Waals surface area contributed by atoms with Gasteiger partial charge in [-0.1, -0.05) is 48.5 Å². The number of hydrogen-bond acceptors (Lipinski definition) is 1. The monoisotopic (exact) mass is 233 g/mol. The van der Waals surface area contributed by atoms with E-state index in [4.69, 9.17) is 0 Å². The standard InChI is InChI=1S/C16H13N2/c1-13-12-16(14-8-4-2-5-9-14)17-18(13)15-10-6-3-7-11-15/h2-12H,1H2. The first-order chi connectivity index (χ1) is 8.84. The molecule has 1 radical (unpaired) electrons. The summed E-state index contributed by atoms with van der Waals surface area (Å²) in [6, 6.07) is 22.2. The first-order valence-electron chi connectivity index (χ1n) is 5.87.